The van der Waals surface area contributed by atoms with Gasteiger partial charge in [0.05, 0.1) is 6.54 Å². The quantitative estimate of drug-likeness (QED) is 0.629. The summed E-state index contributed by atoms with van der Waals surface area (Å²) in [6.07, 6.45) is 3.47. The average molecular weight is 381 g/mol. The monoisotopic (exact) mass is 381 g/mol. The van der Waals surface area contributed by atoms with Gasteiger partial charge in [-0.2, -0.15) is 5.21 Å². The Kier molecular flexibility index (Phi) is 5.33. The summed E-state index contributed by atoms with van der Waals surface area (Å²) < 4.78 is 5.39. The largest absolute Gasteiger partial charge is 0.422 e. The van der Waals surface area contributed by atoms with Crippen LogP contribution < -0.4 is 15.0 Å². The molecule has 144 valence electrons. The van der Waals surface area contributed by atoms with E-state index >= 15 is 0 Å². The molecule has 28 heavy (non-hydrogen) atoms. The first-order valence-corrected chi connectivity index (χ1v) is 8.82. The number of benzene rings is 1. The van der Waals surface area contributed by atoms with Crippen LogP contribution in [0.3, 0.4) is 0 Å². The smallest absolute Gasteiger partial charge is 0.361 e. The molecule has 0 saturated carbocycles. The maximum absolute atomic E-state index is 12.3. The van der Waals surface area contributed by atoms with Gasteiger partial charge in [-0.15, -0.1) is 0 Å². The lowest BCUT2D eigenvalue weighted by molar-refractivity contribution is -0.117. The first kappa shape index (κ1) is 17.8. The molecule has 1 aromatic carbocycles. The minimum Gasteiger partial charge on any atom is -0.422 e. The van der Waals surface area contributed by atoms with E-state index in [9.17, 15) is 4.79 Å². The summed E-state index contributed by atoms with van der Waals surface area (Å²) in [4.78, 5) is 25.1. The molecule has 4 rings (SSSR count). The number of anilines is 2. The van der Waals surface area contributed by atoms with E-state index in [1.54, 1.807) is 42.7 Å². The van der Waals surface area contributed by atoms with Gasteiger partial charge in [0.25, 0.3) is 0 Å². The van der Waals surface area contributed by atoms with Gasteiger partial charge in [0.2, 0.25) is 11.9 Å². The Bertz CT molecular complexity index is 879. The number of carbonyl (C=O) groups is 1. The third kappa shape index (κ3) is 4.57. The highest BCUT2D eigenvalue weighted by molar-refractivity contribution is 5.92. The van der Waals surface area contributed by atoms with Crippen LogP contribution in [0.5, 0.6) is 11.8 Å². The van der Waals surface area contributed by atoms with E-state index in [2.05, 4.69) is 45.7 Å². The van der Waals surface area contributed by atoms with E-state index in [1.807, 2.05) is 0 Å². The molecule has 0 spiro atoms. The maximum Gasteiger partial charge on any atom is 0.361 e. The Morgan fingerprint density at radius 1 is 1.11 bits per heavy atom. The summed E-state index contributed by atoms with van der Waals surface area (Å²) in [5.74, 6) is 1.23. The summed E-state index contributed by atoms with van der Waals surface area (Å²) in [6, 6.07) is 8.91. The fourth-order valence-corrected chi connectivity index (χ4v) is 2.87. The van der Waals surface area contributed by atoms with Crippen LogP contribution in [-0.2, 0) is 4.79 Å². The Morgan fingerprint density at radius 3 is 2.54 bits per heavy atom. The molecule has 1 aliphatic rings. The lowest BCUT2D eigenvalue weighted by Crippen LogP contribution is -2.49. The van der Waals surface area contributed by atoms with E-state index in [0.29, 0.717) is 18.0 Å². The number of ether oxygens (including phenoxy) is 1. The molecule has 3 heterocycles. The number of nitrogens with zero attached hydrogens (tertiary/aromatic N) is 7. The van der Waals surface area contributed by atoms with E-state index < -0.39 is 0 Å². The van der Waals surface area contributed by atoms with Crippen molar-refractivity contribution < 1.29 is 9.53 Å². The Hall–Kier alpha value is -3.60. The molecule has 0 aliphatic carbocycles. The predicted molar refractivity (Wildman–Crippen MR) is 100 cm³/mol. The molecule has 1 fully saturated rings. The Labute approximate surface area is 160 Å². The molecule has 3 aromatic rings. The standard InChI is InChI=1S/C17H19N9O2/c27-15(12-25-8-10-26(11-9-25)16-18-6-1-7-19-16)20-13-2-4-14(5-3-13)28-17-21-23-24-22-17/h1-7H,8-12H2,(H,20,27)(H,21,22,23,24). The van der Waals surface area contributed by atoms with Crippen LogP contribution in [0.1, 0.15) is 0 Å². The second-order valence-corrected chi connectivity index (χ2v) is 6.18. The third-order valence-corrected chi connectivity index (χ3v) is 4.25. The normalized spacial score (nSPS) is 14.6. The number of hydrogen-bond acceptors (Lipinski definition) is 9. The number of carbonyl (C=O) groups excluding carboxylic acids is 1. The molecule has 11 nitrogen and oxygen atoms in total. The molecule has 1 aliphatic heterocycles. The van der Waals surface area contributed by atoms with Gasteiger partial charge in [-0.05, 0) is 35.5 Å². The molecule has 2 aromatic heterocycles. The summed E-state index contributed by atoms with van der Waals surface area (Å²) >= 11 is 0. The first-order chi connectivity index (χ1) is 13.8. The van der Waals surface area contributed by atoms with E-state index in [4.69, 9.17) is 4.74 Å². The number of tetrazole rings is 1. The second-order valence-electron chi connectivity index (χ2n) is 6.18. The van der Waals surface area contributed by atoms with Crippen LogP contribution in [0.25, 0.3) is 0 Å². The lowest BCUT2D eigenvalue weighted by atomic mass is 10.3. The molecule has 0 bridgehead atoms. The zero-order chi connectivity index (χ0) is 19.2. The van der Waals surface area contributed by atoms with Gasteiger partial charge in [0.15, 0.2) is 0 Å². The molecule has 0 radical (unpaired) electrons. The Morgan fingerprint density at radius 2 is 1.86 bits per heavy atom. The molecule has 2 N–H and O–H groups in total. The maximum atomic E-state index is 12.3. The number of aromatic nitrogens is 6. The minimum atomic E-state index is -0.0590. The molecule has 11 heteroatoms. The summed E-state index contributed by atoms with van der Waals surface area (Å²) in [7, 11) is 0. The fraction of sp³-hybridized carbons (Fsp3) is 0.294. The average Bonchev–Trinajstić information content (AvgIpc) is 3.24. The SMILES string of the molecule is O=C(CN1CCN(c2ncccn2)CC1)Nc1ccc(Oc2nn[nH]n2)cc1. The number of nitrogens with one attached hydrogen (secondary N) is 2. The first-order valence-electron chi connectivity index (χ1n) is 8.82. The topological polar surface area (TPSA) is 125 Å². The van der Waals surface area contributed by atoms with Gasteiger partial charge in [-0.3, -0.25) is 9.69 Å². The number of hydrogen-bond donors (Lipinski definition) is 2. The number of aromatic amines is 1. The van der Waals surface area contributed by atoms with Crippen molar-refractivity contribution in [2.24, 2.45) is 0 Å². The molecule has 1 amide bonds. The van der Waals surface area contributed by atoms with Gasteiger partial charge in [-0.1, -0.05) is 10.2 Å². The second kappa shape index (κ2) is 8.39. The fourth-order valence-electron chi connectivity index (χ4n) is 2.87. The highest BCUT2D eigenvalue weighted by Crippen LogP contribution is 2.19. The number of rotatable bonds is 6. The van der Waals surface area contributed by atoms with Crippen molar-refractivity contribution in [2.45, 2.75) is 0 Å². The highest BCUT2D eigenvalue weighted by Gasteiger charge is 2.20. The van der Waals surface area contributed by atoms with Gasteiger partial charge in [0.1, 0.15) is 5.75 Å². The third-order valence-electron chi connectivity index (χ3n) is 4.25. The highest BCUT2D eigenvalue weighted by atomic mass is 16.5. The number of piperazine rings is 1. The summed E-state index contributed by atoms with van der Waals surface area (Å²) in [5, 5.41) is 16.1. The van der Waals surface area contributed by atoms with Crippen molar-refractivity contribution in [2.75, 3.05) is 42.9 Å². The number of H-pyrrole nitrogens is 1. The van der Waals surface area contributed by atoms with Crippen molar-refractivity contribution in [3.63, 3.8) is 0 Å². The molecular weight excluding hydrogens is 362 g/mol. The zero-order valence-corrected chi connectivity index (χ0v) is 15.0. The van der Waals surface area contributed by atoms with E-state index in [1.165, 1.54) is 0 Å². The van der Waals surface area contributed by atoms with Gasteiger partial charge in [-0.25, -0.2) is 9.97 Å². The summed E-state index contributed by atoms with van der Waals surface area (Å²) in [6.45, 7) is 3.48. The van der Waals surface area contributed by atoms with Crippen LogP contribution in [0, 0.1) is 0 Å². The van der Waals surface area contributed by atoms with Crippen LogP contribution in [0.4, 0.5) is 11.6 Å². The summed E-state index contributed by atoms with van der Waals surface area (Å²) in [5.41, 5.74) is 0.696. The zero-order valence-electron chi connectivity index (χ0n) is 15.0. The molecule has 0 unspecified atom stereocenters. The van der Waals surface area contributed by atoms with Gasteiger partial charge < -0.3 is 15.0 Å². The lowest BCUT2D eigenvalue weighted by Gasteiger charge is -2.34. The Balaban J connectivity index is 1.23. The van der Waals surface area contributed by atoms with E-state index in [-0.39, 0.29) is 11.9 Å². The minimum absolute atomic E-state index is 0.0590. The van der Waals surface area contributed by atoms with Crippen LogP contribution in [0.15, 0.2) is 42.7 Å². The van der Waals surface area contributed by atoms with Crippen molar-refractivity contribution in [1.82, 2.24) is 35.5 Å². The van der Waals surface area contributed by atoms with Crippen molar-refractivity contribution in [3.8, 4) is 11.8 Å². The predicted octanol–water partition coefficient (Wildman–Crippen LogP) is 0.543. The molecule has 0 atom stereocenters. The van der Waals surface area contributed by atoms with E-state index in [0.717, 1.165) is 32.1 Å². The molecule has 1 saturated heterocycles. The van der Waals surface area contributed by atoms with Crippen molar-refractivity contribution in [1.29, 1.82) is 0 Å². The van der Waals surface area contributed by atoms with Gasteiger partial charge >= 0.3 is 6.01 Å². The van der Waals surface area contributed by atoms with Crippen LogP contribution in [-0.4, -0.2) is 74.1 Å². The molecular formula is C17H19N9O2. The van der Waals surface area contributed by atoms with Crippen LogP contribution in [0.2, 0.25) is 0 Å². The van der Waals surface area contributed by atoms with Crippen molar-refractivity contribution in [3.05, 3.63) is 42.7 Å². The van der Waals surface area contributed by atoms with Crippen molar-refractivity contribution >= 4 is 17.5 Å². The number of amides is 1. The van der Waals surface area contributed by atoms with Gasteiger partial charge in [0, 0.05) is 44.3 Å². The van der Waals surface area contributed by atoms with Crippen LogP contribution >= 0.6 is 0 Å².